The first-order valence-electron chi connectivity index (χ1n) is 8.51. The number of rotatable bonds is 2. The number of fused-ring (bicyclic) bond motifs is 1. The average molecular weight is 336 g/mol. The molecule has 0 unspecified atom stereocenters. The van der Waals surface area contributed by atoms with E-state index in [9.17, 15) is 9.90 Å². The number of hydrogen-bond donors (Lipinski definition) is 1. The predicted octanol–water partition coefficient (Wildman–Crippen LogP) is 3.13. The molecule has 3 aromatic rings. The van der Waals surface area contributed by atoms with Crippen molar-refractivity contribution in [1.29, 1.82) is 0 Å². The van der Waals surface area contributed by atoms with Gasteiger partial charge in [-0.05, 0) is 29.7 Å². The second-order valence-electron chi connectivity index (χ2n) is 6.65. The van der Waals surface area contributed by atoms with Gasteiger partial charge in [-0.1, -0.05) is 47.6 Å². The smallest absolute Gasteiger partial charge is 0.292 e. The van der Waals surface area contributed by atoms with Crippen LogP contribution < -0.4 is 0 Å². The molecule has 1 aliphatic rings. The molecule has 128 valence electrons. The summed E-state index contributed by atoms with van der Waals surface area (Å²) >= 11 is 0. The van der Waals surface area contributed by atoms with Crippen molar-refractivity contribution in [3.05, 3.63) is 65.5 Å². The first kappa shape index (κ1) is 15.8. The first-order valence-corrected chi connectivity index (χ1v) is 8.51. The van der Waals surface area contributed by atoms with E-state index in [0.29, 0.717) is 18.8 Å². The quantitative estimate of drug-likeness (QED) is 0.781. The third-order valence-corrected chi connectivity index (χ3v) is 4.91. The summed E-state index contributed by atoms with van der Waals surface area (Å²) in [6.07, 6.45) is 0.126. The fraction of sp³-hybridized carbons (Fsp3) is 0.300. The molecule has 0 bridgehead atoms. The van der Waals surface area contributed by atoms with E-state index in [1.165, 1.54) is 10.8 Å². The lowest BCUT2D eigenvalue weighted by Gasteiger charge is -2.35. The van der Waals surface area contributed by atoms with E-state index < -0.39 is 6.10 Å². The Labute approximate surface area is 145 Å². The van der Waals surface area contributed by atoms with Crippen LogP contribution in [0.25, 0.3) is 10.8 Å². The maximum Gasteiger partial charge on any atom is 0.292 e. The number of benzene rings is 2. The molecule has 0 saturated carbocycles. The van der Waals surface area contributed by atoms with Crippen molar-refractivity contribution in [1.82, 2.24) is 10.1 Å². The van der Waals surface area contributed by atoms with Gasteiger partial charge in [-0.25, -0.2) is 0 Å². The van der Waals surface area contributed by atoms with Gasteiger partial charge in [-0.2, -0.15) is 0 Å². The van der Waals surface area contributed by atoms with Crippen molar-refractivity contribution in [2.45, 2.75) is 25.4 Å². The number of piperidine rings is 1. The summed E-state index contributed by atoms with van der Waals surface area (Å²) in [7, 11) is 0. The highest BCUT2D eigenvalue weighted by atomic mass is 16.5. The zero-order valence-electron chi connectivity index (χ0n) is 14.1. The molecule has 4 rings (SSSR count). The number of likely N-dealkylation sites (tertiary alicyclic amines) is 1. The van der Waals surface area contributed by atoms with E-state index in [0.717, 1.165) is 12.0 Å². The highest BCUT2D eigenvalue weighted by molar-refractivity contribution is 5.91. The SMILES string of the molecule is Cc1cc(C(=O)N2CC[C@@H](c3ccc4ccccc4c3)[C@H](O)C2)on1. The van der Waals surface area contributed by atoms with Gasteiger partial charge in [0.25, 0.3) is 5.91 Å². The number of amides is 1. The number of aliphatic hydroxyl groups excluding tert-OH is 1. The number of hydrogen-bond acceptors (Lipinski definition) is 4. The molecule has 1 aliphatic heterocycles. The summed E-state index contributed by atoms with van der Waals surface area (Å²) in [5.41, 5.74) is 1.80. The van der Waals surface area contributed by atoms with Crippen LogP contribution in [-0.2, 0) is 0 Å². The maximum absolute atomic E-state index is 12.5. The Morgan fingerprint density at radius 3 is 2.72 bits per heavy atom. The number of aryl methyl sites for hydroxylation is 1. The van der Waals surface area contributed by atoms with E-state index >= 15 is 0 Å². The summed E-state index contributed by atoms with van der Waals surface area (Å²) < 4.78 is 5.05. The van der Waals surface area contributed by atoms with Gasteiger partial charge in [0.15, 0.2) is 0 Å². The van der Waals surface area contributed by atoms with Crippen LogP contribution in [-0.4, -0.2) is 40.3 Å². The molecule has 0 aliphatic carbocycles. The Balaban J connectivity index is 1.51. The van der Waals surface area contributed by atoms with Crippen LogP contribution in [0.1, 0.15) is 34.2 Å². The Kier molecular flexibility index (Phi) is 4.01. The highest BCUT2D eigenvalue weighted by Gasteiger charge is 2.32. The molecule has 0 radical (unpaired) electrons. The van der Waals surface area contributed by atoms with Crippen molar-refractivity contribution < 1.29 is 14.4 Å². The van der Waals surface area contributed by atoms with E-state index in [2.05, 4.69) is 35.5 Å². The van der Waals surface area contributed by atoms with Crippen LogP contribution in [0.4, 0.5) is 0 Å². The van der Waals surface area contributed by atoms with E-state index in [4.69, 9.17) is 4.52 Å². The van der Waals surface area contributed by atoms with Crippen LogP contribution in [0.5, 0.6) is 0 Å². The molecule has 1 amide bonds. The van der Waals surface area contributed by atoms with E-state index in [1.807, 2.05) is 12.1 Å². The number of carbonyl (C=O) groups excluding carboxylic acids is 1. The fourth-order valence-corrected chi connectivity index (χ4v) is 3.56. The molecule has 2 heterocycles. The Morgan fingerprint density at radius 2 is 2.00 bits per heavy atom. The van der Waals surface area contributed by atoms with Gasteiger partial charge in [0.2, 0.25) is 5.76 Å². The molecule has 2 atom stereocenters. The number of β-amino-alcohol motifs (C(OH)–C–C–N with tert-alkyl or cyclic N) is 1. The molecule has 1 aromatic heterocycles. The lowest BCUT2D eigenvalue weighted by molar-refractivity contribution is 0.0354. The molecule has 1 fully saturated rings. The third kappa shape index (κ3) is 3.03. The topological polar surface area (TPSA) is 66.6 Å². The van der Waals surface area contributed by atoms with Crippen LogP contribution in [0.3, 0.4) is 0 Å². The zero-order valence-corrected chi connectivity index (χ0v) is 14.1. The second-order valence-corrected chi connectivity index (χ2v) is 6.65. The predicted molar refractivity (Wildman–Crippen MR) is 94.5 cm³/mol. The minimum atomic E-state index is -0.595. The Hall–Kier alpha value is -2.66. The molecule has 5 heteroatoms. The molecular weight excluding hydrogens is 316 g/mol. The standard InChI is InChI=1S/C20H20N2O3/c1-13-10-19(25-21-13)20(24)22-9-8-17(18(23)12-22)16-7-6-14-4-2-3-5-15(14)11-16/h2-7,10-11,17-18,23H,8-9,12H2,1H3/t17-,18+/m0/s1. The maximum atomic E-state index is 12.5. The number of nitrogens with zero attached hydrogens (tertiary/aromatic N) is 2. The van der Waals surface area contributed by atoms with Crippen molar-refractivity contribution in [2.75, 3.05) is 13.1 Å². The molecule has 25 heavy (non-hydrogen) atoms. The lowest BCUT2D eigenvalue weighted by atomic mass is 9.86. The van der Waals surface area contributed by atoms with Gasteiger partial charge >= 0.3 is 0 Å². The Bertz CT molecular complexity index is 918. The van der Waals surface area contributed by atoms with Gasteiger partial charge in [0.05, 0.1) is 11.8 Å². The van der Waals surface area contributed by atoms with E-state index in [-0.39, 0.29) is 17.6 Å². The lowest BCUT2D eigenvalue weighted by Crippen LogP contribution is -2.45. The van der Waals surface area contributed by atoms with Crippen LogP contribution in [0, 0.1) is 6.92 Å². The minimum absolute atomic E-state index is 0.0325. The Morgan fingerprint density at radius 1 is 1.20 bits per heavy atom. The summed E-state index contributed by atoms with van der Waals surface area (Å²) in [5, 5.41) is 16.7. The van der Waals surface area contributed by atoms with Crippen LogP contribution in [0.15, 0.2) is 53.1 Å². The minimum Gasteiger partial charge on any atom is -0.391 e. The summed E-state index contributed by atoms with van der Waals surface area (Å²) in [6, 6.07) is 16.1. The van der Waals surface area contributed by atoms with Gasteiger partial charge in [-0.3, -0.25) is 4.79 Å². The highest BCUT2D eigenvalue weighted by Crippen LogP contribution is 2.31. The van der Waals surface area contributed by atoms with Gasteiger partial charge < -0.3 is 14.5 Å². The van der Waals surface area contributed by atoms with Crippen LogP contribution in [0.2, 0.25) is 0 Å². The number of aliphatic hydroxyl groups is 1. The van der Waals surface area contributed by atoms with Crippen molar-refractivity contribution in [3.63, 3.8) is 0 Å². The average Bonchev–Trinajstić information content (AvgIpc) is 3.07. The third-order valence-electron chi connectivity index (χ3n) is 4.91. The van der Waals surface area contributed by atoms with Gasteiger partial charge in [-0.15, -0.1) is 0 Å². The zero-order chi connectivity index (χ0) is 17.4. The molecule has 5 nitrogen and oxygen atoms in total. The normalized spacial score (nSPS) is 20.8. The second kappa shape index (κ2) is 6.33. The van der Waals surface area contributed by atoms with Crippen molar-refractivity contribution in [3.8, 4) is 0 Å². The summed E-state index contributed by atoms with van der Waals surface area (Å²) in [6.45, 7) is 2.67. The molecule has 2 aromatic carbocycles. The monoisotopic (exact) mass is 336 g/mol. The van der Waals surface area contributed by atoms with E-state index in [1.54, 1.807) is 17.9 Å². The number of aromatic nitrogens is 1. The van der Waals surface area contributed by atoms with Gasteiger partial charge in [0, 0.05) is 25.1 Å². The molecule has 1 saturated heterocycles. The van der Waals surface area contributed by atoms with Crippen molar-refractivity contribution >= 4 is 16.7 Å². The largest absolute Gasteiger partial charge is 0.391 e. The first-order chi connectivity index (χ1) is 12.1. The molecule has 1 N–H and O–H groups in total. The molecule has 0 spiro atoms. The molecular formula is C20H20N2O3. The number of carbonyl (C=O) groups is 1. The fourth-order valence-electron chi connectivity index (χ4n) is 3.56. The van der Waals surface area contributed by atoms with Crippen LogP contribution >= 0.6 is 0 Å². The summed E-state index contributed by atoms with van der Waals surface area (Å²) in [5.74, 6) is 0.0515. The van der Waals surface area contributed by atoms with Gasteiger partial charge in [0.1, 0.15) is 0 Å². The summed E-state index contributed by atoms with van der Waals surface area (Å²) in [4.78, 5) is 14.1. The van der Waals surface area contributed by atoms with Crippen molar-refractivity contribution in [2.24, 2.45) is 0 Å².